The molecule has 1 aliphatic rings. The van der Waals surface area contributed by atoms with E-state index in [0.29, 0.717) is 12.3 Å². The molecular weight excluding hydrogens is 282 g/mol. The Bertz CT molecular complexity index is 389. The highest BCUT2D eigenvalue weighted by Crippen LogP contribution is 2.24. The van der Waals surface area contributed by atoms with Gasteiger partial charge in [-0.05, 0) is 38.0 Å². The summed E-state index contributed by atoms with van der Waals surface area (Å²) in [5.74, 6) is 0.334. The monoisotopic (exact) mass is 299 g/mol. The molecule has 0 radical (unpaired) electrons. The Morgan fingerprint density at radius 2 is 2.35 bits per heavy atom. The van der Waals surface area contributed by atoms with E-state index in [2.05, 4.69) is 28.2 Å². The number of aromatic hydroxyl groups is 1. The van der Waals surface area contributed by atoms with E-state index in [1.165, 1.54) is 0 Å². The third-order valence-corrected chi connectivity index (χ3v) is 3.68. The van der Waals surface area contributed by atoms with Gasteiger partial charge in [-0.2, -0.15) is 0 Å². The van der Waals surface area contributed by atoms with Crippen LogP contribution in [0.15, 0.2) is 22.7 Å². The van der Waals surface area contributed by atoms with Crippen LogP contribution >= 0.6 is 15.9 Å². The van der Waals surface area contributed by atoms with Crippen LogP contribution in [0.4, 0.5) is 0 Å². The predicted octanol–water partition coefficient (Wildman–Crippen LogP) is 2.81. The number of rotatable bonds is 3. The molecular formula is C13H18BrNO2. The molecule has 17 heavy (non-hydrogen) atoms. The van der Waals surface area contributed by atoms with Crippen LogP contribution in [0.1, 0.15) is 25.3 Å². The molecule has 2 N–H and O–H groups in total. The predicted molar refractivity (Wildman–Crippen MR) is 71.1 cm³/mol. The molecule has 0 spiro atoms. The molecule has 1 unspecified atom stereocenters. The van der Waals surface area contributed by atoms with Crippen molar-refractivity contribution in [1.29, 1.82) is 0 Å². The van der Waals surface area contributed by atoms with Crippen molar-refractivity contribution in [3.63, 3.8) is 0 Å². The van der Waals surface area contributed by atoms with E-state index < -0.39 is 0 Å². The number of hydrogen-bond donors (Lipinski definition) is 2. The van der Waals surface area contributed by atoms with Crippen LogP contribution in [0, 0.1) is 0 Å². The maximum Gasteiger partial charge on any atom is 0.120 e. The minimum Gasteiger partial charge on any atom is -0.508 e. The van der Waals surface area contributed by atoms with Gasteiger partial charge < -0.3 is 15.2 Å². The van der Waals surface area contributed by atoms with Crippen molar-refractivity contribution in [2.45, 2.75) is 31.8 Å². The Morgan fingerprint density at radius 1 is 1.53 bits per heavy atom. The summed E-state index contributed by atoms with van der Waals surface area (Å²) in [6.45, 7) is 4.42. The second-order valence-corrected chi connectivity index (χ2v) is 5.76. The van der Waals surface area contributed by atoms with Crippen LogP contribution in [0.2, 0.25) is 0 Å². The number of ether oxygens (including phenoxy) is 1. The minimum atomic E-state index is 0.0208. The van der Waals surface area contributed by atoms with Crippen LogP contribution in [0.25, 0.3) is 0 Å². The fourth-order valence-corrected chi connectivity index (χ4v) is 2.49. The number of benzene rings is 1. The lowest BCUT2D eigenvalue weighted by molar-refractivity contribution is 0.0277. The zero-order valence-electron chi connectivity index (χ0n) is 10.0. The largest absolute Gasteiger partial charge is 0.508 e. The van der Waals surface area contributed by atoms with Crippen molar-refractivity contribution < 1.29 is 9.84 Å². The second kappa shape index (κ2) is 5.38. The molecule has 0 aliphatic carbocycles. The highest BCUT2D eigenvalue weighted by atomic mass is 79.9. The van der Waals surface area contributed by atoms with Gasteiger partial charge in [-0.25, -0.2) is 0 Å². The number of halogens is 1. The lowest BCUT2D eigenvalue weighted by Crippen LogP contribution is -2.48. The zero-order valence-corrected chi connectivity index (χ0v) is 11.6. The lowest BCUT2D eigenvalue weighted by atomic mass is 9.94. The number of nitrogens with one attached hydrogen (secondary N) is 1. The van der Waals surface area contributed by atoms with E-state index >= 15 is 0 Å². The lowest BCUT2D eigenvalue weighted by Gasteiger charge is -2.34. The topological polar surface area (TPSA) is 41.5 Å². The van der Waals surface area contributed by atoms with E-state index in [4.69, 9.17) is 4.74 Å². The molecule has 1 aromatic carbocycles. The third-order valence-electron chi connectivity index (χ3n) is 3.19. The molecule has 1 saturated heterocycles. The van der Waals surface area contributed by atoms with Gasteiger partial charge in [0.25, 0.3) is 0 Å². The van der Waals surface area contributed by atoms with Crippen molar-refractivity contribution in [3.05, 3.63) is 28.2 Å². The van der Waals surface area contributed by atoms with Crippen LogP contribution in [0.3, 0.4) is 0 Å². The summed E-state index contributed by atoms with van der Waals surface area (Å²) in [4.78, 5) is 0. The van der Waals surface area contributed by atoms with Gasteiger partial charge in [0.2, 0.25) is 0 Å². The number of phenols is 1. The first-order chi connectivity index (χ1) is 8.09. The summed E-state index contributed by atoms with van der Waals surface area (Å²) in [5.41, 5.74) is 0.929. The van der Waals surface area contributed by atoms with Gasteiger partial charge >= 0.3 is 0 Å². The van der Waals surface area contributed by atoms with Crippen molar-refractivity contribution in [3.8, 4) is 5.75 Å². The molecule has 1 aromatic rings. The summed E-state index contributed by atoms with van der Waals surface area (Å²) in [6, 6.07) is 5.49. The highest BCUT2D eigenvalue weighted by Gasteiger charge is 2.26. The maximum atomic E-state index is 9.76. The van der Waals surface area contributed by atoms with Crippen molar-refractivity contribution in [1.82, 2.24) is 5.32 Å². The standard InChI is InChI=1S/C13H18BrNO2/c1-13(5-2-6-17-9-13)15-8-10-7-11(14)3-4-12(10)16/h3-4,7,15-16H,2,5-6,8-9H2,1H3. The zero-order chi connectivity index (χ0) is 12.3. The van der Waals surface area contributed by atoms with Crippen LogP contribution < -0.4 is 5.32 Å². The quantitative estimate of drug-likeness (QED) is 0.902. The Morgan fingerprint density at radius 3 is 3.06 bits per heavy atom. The molecule has 94 valence electrons. The fraction of sp³-hybridized carbons (Fsp3) is 0.538. The molecule has 2 rings (SSSR count). The molecule has 1 atom stereocenters. The summed E-state index contributed by atoms with van der Waals surface area (Å²) in [6.07, 6.45) is 2.20. The van der Waals surface area contributed by atoms with E-state index in [-0.39, 0.29) is 5.54 Å². The molecule has 1 heterocycles. The molecule has 1 fully saturated rings. The molecule has 3 nitrogen and oxygen atoms in total. The molecule has 1 aliphatic heterocycles. The van der Waals surface area contributed by atoms with Gasteiger partial charge in [0.15, 0.2) is 0 Å². The third kappa shape index (κ3) is 3.44. The Kier molecular flexibility index (Phi) is 4.07. The van der Waals surface area contributed by atoms with E-state index in [0.717, 1.165) is 36.1 Å². The SMILES string of the molecule is CC1(NCc2cc(Br)ccc2O)CCCOC1. The van der Waals surface area contributed by atoms with Gasteiger partial charge in [0.1, 0.15) is 5.75 Å². The summed E-state index contributed by atoms with van der Waals surface area (Å²) in [5, 5.41) is 13.2. The highest BCUT2D eigenvalue weighted by molar-refractivity contribution is 9.10. The van der Waals surface area contributed by atoms with Gasteiger partial charge in [-0.15, -0.1) is 0 Å². The van der Waals surface area contributed by atoms with Gasteiger partial charge in [-0.3, -0.25) is 0 Å². The van der Waals surface area contributed by atoms with Crippen molar-refractivity contribution in [2.75, 3.05) is 13.2 Å². The van der Waals surface area contributed by atoms with E-state index in [9.17, 15) is 5.11 Å². The van der Waals surface area contributed by atoms with Crippen molar-refractivity contribution >= 4 is 15.9 Å². The number of hydrogen-bond acceptors (Lipinski definition) is 3. The van der Waals surface area contributed by atoms with Gasteiger partial charge in [0, 0.05) is 28.7 Å². The maximum absolute atomic E-state index is 9.76. The average Bonchev–Trinajstić information content (AvgIpc) is 2.31. The summed E-state index contributed by atoms with van der Waals surface area (Å²) in [7, 11) is 0. The minimum absolute atomic E-state index is 0.0208. The first-order valence-electron chi connectivity index (χ1n) is 5.89. The molecule has 0 amide bonds. The van der Waals surface area contributed by atoms with Gasteiger partial charge in [-0.1, -0.05) is 15.9 Å². The molecule has 4 heteroatoms. The number of phenolic OH excluding ortho intramolecular Hbond substituents is 1. The summed E-state index contributed by atoms with van der Waals surface area (Å²) < 4.78 is 6.48. The normalized spacial score (nSPS) is 24.8. The van der Waals surface area contributed by atoms with E-state index in [1.807, 2.05) is 12.1 Å². The van der Waals surface area contributed by atoms with Crippen LogP contribution in [0.5, 0.6) is 5.75 Å². The first-order valence-corrected chi connectivity index (χ1v) is 6.69. The molecule has 0 bridgehead atoms. The second-order valence-electron chi connectivity index (χ2n) is 4.84. The van der Waals surface area contributed by atoms with Gasteiger partial charge in [0.05, 0.1) is 6.61 Å². The Labute approximate surface area is 110 Å². The fourth-order valence-electron chi connectivity index (χ4n) is 2.08. The summed E-state index contributed by atoms with van der Waals surface area (Å²) >= 11 is 3.41. The first kappa shape index (κ1) is 12.9. The van der Waals surface area contributed by atoms with Crippen molar-refractivity contribution in [2.24, 2.45) is 0 Å². The molecule has 0 saturated carbocycles. The molecule has 0 aromatic heterocycles. The average molecular weight is 300 g/mol. The Hall–Kier alpha value is -0.580. The van der Waals surface area contributed by atoms with Crippen LogP contribution in [-0.2, 0) is 11.3 Å². The Balaban J connectivity index is 1.99. The van der Waals surface area contributed by atoms with E-state index in [1.54, 1.807) is 6.07 Å². The van der Waals surface area contributed by atoms with Crippen LogP contribution in [-0.4, -0.2) is 23.9 Å². The smallest absolute Gasteiger partial charge is 0.120 e.